The molecule has 1 amide bonds. The van der Waals surface area contributed by atoms with E-state index in [0.29, 0.717) is 12.2 Å². The Morgan fingerprint density at radius 3 is 2.86 bits per heavy atom. The van der Waals surface area contributed by atoms with Gasteiger partial charge in [0.15, 0.2) is 11.5 Å². The number of hydrogen-bond donors (Lipinski definition) is 1. The molecular weight excluding hydrogens is 289 g/mol. The number of carbonyl (C=O) groups is 2. The molecule has 0 saturated carbocycles. The molecule has 2 aliphatic rings. The lowest BCUT2D eigenvalue weighted by Gasteiger charge is -2.31. The predicted molar refractivity (Wildman–Crippen MR) is 76.4 cm³/mol. The number of piperidine rings is 1. The minimum atomic E-state index is -1.41. The number of aliphatic hydroxyl groups is 1. The first-order chi connectivity index (χ1) is 10.5. The van der Waals surface area contributed by atoms with Gasteiger partial charge in [-0.1, -0.05) is 0 Å². The molecule has 7 heteroatoms. The van der Waals surface area contributed by atoms with Gasteiger partial charge in [-0.2, -0.15) is 5.10 Å². The van der Waals surface area contributed by atoms with E-state index in [4.69, 9.17) is 0 Å². The summed E-state index contributed by atoms with van der Waals surface area (Å²) in [5.41, 5.74) is 2.19. The number of ketones is 1. The molecular formula is C15H20FN3O3. The first kappa shape index (κ1) is 15.1. The number of alkyl halides is 1. The maximum absolute atomic E-state index is 13.6. The van der Waals surface area contributed by atoms with Crippen molar-refractivity contribution in [1.29, 1.82) is 0 Å². The summed E-state index contributed by atoms with van der Waals surface area (Å²) < 4.78 is 15.3. The molecule has 2 atom stereocenters. The minimum absolute atomic E-state index is 0.0129. The lowest BCUT2D eigenvalue weighted by molar-refractivity contribution is -0.117. The van der Waals surface area contributed by atoms with Crippen LogP contribution in [0.15, 0.2) is 0 Å². The molecule has 1 aromatic rings. The van der Waals surface area contributed by atoms with Crippen LogP contribution in [0.4, 0.5) is 4.39 Å². The smallest absolute Gasteiger partial charge is 0.274 e. The van der Waals surface area contributed by atoms with Gasteiger partial charge in [0.05, 0.1) is 19.2 Å². The molecule has 1 aliphatic heterocycles. The van der Waals surface area contributed by atoms with E-state index in [0.717, 1.165) is 30.5 Å². The number of amides is 1. The van der Waals surface area contributed by atoms with Crippen molar-refractivity contribution >= 4 is 11.7 Å². The summed E-state index contributed by atoms with van der Waals surface area (Å²) in [4.78, 5) is 25.4. The van der Waals surface area contributed by atoms with Gasteiger partial charge < -0.3 is 10.0 Å². The Hall–Kier alpha value is -1.76. The van der Waals surface area contributed by atoms with Gasteiger partial charge in [0.2, 0.25) is 0 Å². The average molecular weight is 309 g/mol. The van der Waals surface area contributed by atoms with Gasteiger partial charge in [0.25, 0.3) is 5.91 Å². The summed E-state index contributed by atoms with van der Waals surface area (Å²) in [5.74, 6) is -0.309. The zero-order valence-electron chi connectivity index (χ0n) is 12.6. The number of carbonyl (C=O) groups excluding carboxylic acids is 2. The van der Waals surface area contributed by atoms with Crippen molar-refractivity contribution in [2.75, 3.05) is 13.1 Å². The van der Waals surface area contributed by atoms with Crippen LogP contribution in [0.2, 0.25) is 0 Å². The summed E-state index contributed by atoms with van der Waals surface area (Å²) in [6.45, 7) is 1.88. The fourth-order valence-corrected chi connectivity index (χ4v) is 3.25. The lowest BCUT2D eigenvalue weighted by atomic mass is 10.1. The van der Waals surface area contributed by atoms with Gasteiger partial charge in [-0.15, -0.1) is 0 Å². The van der Waals surface area contributed by atoms with E-state index in [1.807, 2.05) is 0 Å². The number of hydrogen-bond acceptors (Lipinski definition) is 4. The molecule has 22 heavy (non-hydrogen) atoms. The molecule has 0 bridgehead atoms. The summed E-state index contributed by atoms with van der Waals surface area (Å²) in [6.07, 6.45) is 0.353. The van der Waals surface area contributed by atoms with Crippen molar-refractivity contribution < 1.29 is 19.1 Å². The average Bonchev–Trinajstić information content (AvgIpc) is 3.04. The number of rotatable bonds is 3. The van der Waals surface area contributed by atoms with E-state index in [2.05, 4.69) is 5.10 Å². The van der Waals surface area contributed by atoms with E-state index in [1.54, 1.807) is 4.68 Å². The monoisotopic (exact) mass is 309 g/mol. The third kappa shape index (κ3) is 2.65. The molecule has 3 rings (SSSR count). The van der Waals surface area contributed by atoms with E-state index in [9.17, 15) is 19.1 Å². The molecule has 1 saturated heterocycles. The summed E-state index contributed by atoms with van der Waals surface area (Å²) in [5, 5.41) is 13.7. The highest BCUT2D eigenvalue weighted by molar-refractivity contribution is 5.94. The number of likely N-dealkylation sites (tertiary alicyclic amines) is 1. The molecule has 0 aromatic carbocycles. The molecule has 1 aromatic heterocycles. The highest BCUT2D eigenvalue weighted by atomic mass is 19.1. The zero-order valence-corrected chi connectivity index (χ0v) is 12.6. The standard InChI is InChI=1S/C15H20FN3O3/c1-9(20)7-19-12-4-2-3-10(12)14(17-19)15(22)18-6-5-13(21)11(16)8-18/h11,13,21H,2-8H2,1H3. The van der Waals surface area contributed by atoms with Crippen molar-refractivity contribution in [2.45, 2.75) is 51.4 Å². The maximum atomic E-state index is 13.6. The molecule has 0 radical (unpaired) electrons. The van der Waals surface area contributed by atoms with E-state index in [1.165, 1.54) is 11.8 Å². The van der Waals surface area contributed by atoms with Crippen molar-refractivity contribution in [3.05, 3.63) is 17.0 Å². The molecule has 2 heterocycles. The predicted octanol–water partition coefficient (Wildman–Crippen LogP) is 0.506. The Morgan fingerprint density at radius 2 is 2.18 bits per heavy atom. The highest BCUT2D eigenvalue weighted by Gasteiger charge is 2.34. The first-order valence-corrected chi connectivity index (χ1v) is 7.66. The van der Waals surface area contributed by atoms with Gasteiger partial charge in [0.1, 0.15) is 6.17 Å². The Bertz CT molecular complexity index is 613. The normalized spacial score (nSPS) is 24.4. The number of nitrogens with zero attached hydrogens (tertiary/aromatic N) is 3. The Morgan fingerprint density at radius 1 is 1.41 bits per heavy atom. The Balaban J connectivity index is 1.85. The van der Waals surface area contributed by atoms with Crippen LogP contribution in [0.5, 0.6) is 0 Å². The van der Waals surface area contributed by atoms with Gasteiger partial charge in [-0.25, -0.2) is 4.39 Å². The third-order valence-electron chi connectivity index (χ3n) is 4.38. The van der Waals surface area contributed by atoms with Crippen molar-refractivity contribution in [3.63, 3.8) is 0 Å². The van der Waals surface area contributed by atoms with Gasteiger partial charge in [0, 0.05) is 17.8 Å². The summed E-state index contributed by atoms with van der Waals surface area (Å²) >= 11 is 0. The lowest BCUT2D eigenvalue weighted by Crippen LogP contribution is -2.47. The molecule has 2 unspecified atom stereocenters. The zero-order chi connectivity index (χ0) is 15.9. The van der Waals surface area contributed by atoms with Gasteiger partial charge in [-0.3, -0.25) is 14.3 Å². The second-order valence-electron chi connectivity index (χ2n) is 6.11. The second kappa shape index (κ2) is 5.79. The van der Waals surface area contributed by atoms with Crippen LogP contribution in [0.25, 0.3) is 0 Å². The van der Waals surface area contributed by atoms with E-state index < -0.39 is 12.3 Å². The topological polar surface area (TPSA) is 75.4 Å². The fraction of sp³-hybridized carbons (Fsp3) is 0.667. The molecule has 1 N–H and O–H groups in total. The van der Waals surface area contributed by atoms with Crippen molar-refractivity contribution in [2.24, 2.45) is 0 Å². The largest absolute Gasteiger partial charge is 0.390 e. The van der Waals surface area contributed by atoms with Crippen molar-refractivity contribution in [1.82, 2.24) is 14.7 Å². The molecule has 120 valence electrons. The number of aliphatic hydroxyl groups excluding tert-OH is 1. The summed E-state index contributed by atoms with van der Waals surface area (Å²) in [7, 11) is 0. The maximum Gasteiger partial charge on any atom is 0.274 e. The number of halogens is 1. The van der Waals surface area contributed by atoms with Crippen LogP contribution in [-0.4, -0.2) is 56.8 Å². The Labute approximate surface area is 127 Å². The minimum Gasteiger partial charge on any atom is -0.390 e. The van der Waals surface area contributed by atoms with Crippen LogP contribution in [0.1, 0.15) is 41.5 Å². The molecule has 6 nitrogen and oxygen atoms in total. The first-order valence-electron chi connectivity index (χ1n) is 7.66. The molecule has 1 fully saturated rings. The number of fused-ring (bicyclic) bond motifs is 1. The number of Topliss-reactive ketones (excluding diaryl/α,β-unsaturated/α-hetero) is 1. The third-order valence-corrected chi connectivity index (χ3v) is 4.38. The van der Waals surface area contributed by atoms with E-state index >= 15 is 0 Å². The van der Waals surface area contributed by atoms with Crippen LogP contribution >= 0.6 is 0 Å². The van der Waals surface area contributed by atoms with Crippen LogP contribution in [0.3, 0.4) is 0 Å². The van der Waals surface area contributed by atoms with Crippen LogP contribution in [0, 0.1) is 0 Å². The Kier molecular flexibility index (Phi) is 3.99. The van der Waals surface area contributed by atoms with E-state index in [-0.39, 0.29) is 31.2 Å². The van der Waals surface area contributed by atoms with Crippen molar-refractivity contribution in [3.8, 4) is 0 Å². The highest BCUT2D eigenvalue weighted by Crippen LogP contribution is 2.27. The summed E-state index contributed by atoms with van der Waals surface area (Å²) in [6, 6.07) is 0. The fourth-order valence-electron chi connectivity index (χ4n) is 3.25. The number of aromatic nitrogens is 2. The second-order valence-corrected chi connectivity index (χ2v) is 6.11. The SMILES string of the molecule is CC(=O)Cn1nc(C(=O)N2CCC(O)C(F)C2)c2c1CCC2. The molecule has 1 aliphatic carbocycles. The van der Waals surface area contributed by atoms with Gasteiger partial charge in [-0.05, 0) is 32.6 Å². The van der Waals surface area contributed by atoms with Gasteiger partial charge >= 0.3 is 0 Å². The quantitative estimate of drug-likeness (QED) is 0.882. The molecule has 0 spiro atoms. The van der Waals surface area contributed by atoms with Crippen LogP contribution in [-0.2, 0) is 24.2 Å². The van der Waals surface area contributed by atoms with Crippen LogP contribution < -0.4 is 0 Å².